The Morgan fingerprint density at radius 1 is 1.19 bits per heavy atom. The molecule has 16 heavy (non-hydrogen) atoms. The summed E-state index contributed by atoms with van der Waals surface area (Å²) in [5.41, 5.74) is 1.22. The average Bonchev–Trinajstić information content (AvgIpc) is 2.33. The molecule has 0 saturated carbocycles. The van der Waals surface area contributed by atoms with Gasteiger partial charge in [0, 0.05) is 12.4 Å². The molecule has 82 valence electrons. The maximum atomic E-state index is 5.77. The summed E-state index contributed by atoms with van der Waals surface area (Å²) in [4.78, 5) is 2.31. The Labute approximate surface area is 95.4 Å². The summed E-state index contributed by atoms with van der Waals surface area (Å²) >= 11 is 0. The highest BCUT2D eigenvalue weighted by molar-refractivity contribution is 5.97. The van der Waals surface area contributed by atoms with Gasteiger partial charge < -0.3 is 9.64 Å². The lowest BCUT2D eigenvalue weighted by molar-refractivity contribution is 0.276. The molecule has 0 spiro atoms. The van der Waals surface area contributed by atoms with E-state index >= 15 is 0 Å². The van der Waals surface area contributed by atoms with Crippen molar-refractivity contribution in [1.82, 2.24) is 0 Å². The first-order chi connectivity index (χ1) is 7.77. The Balaban J connectivity index is 2.32. The van der Waals surface area contributed by atoms with Crippen molar-refractivity contribution in [1.29, 1.82) is 0 Å². The van der Waals surface area contributed by atoms with Crippen LogP contribution in [-0.2, 0) is 0 Å². The van der Waals surface area contributed by atoms with Gasteiger partial charge >= 0.3 is 0 Å². The molecule has 1 unspecified atom stereocenters. The van der Waals surface area contributed by atoms with Crippen LogP contribution in [0.1, 0.15) is 6.92 Å². The monoisotopic (exact) mass is 213 g/mol. The molecule has 0 aromatic heterocycles. The number of likely N-dealkylation sites (N-methyl/N-ethyl adjacent to an activating group) is 1. The first kappa shape index (κ1) is 9.52. The molecular formula is C14H15NO. The summed E-state index contributed by atoms with van der Waals surface area (Å²) in [5, 5.41) is 2.54. The van der Waals surface area contributed by atoms with Crippen LogP contribution in [-0.4, -0.2) is 19.7 Å². The van der Waals surface area contributed by atoms with E-state index in [1.807, 2.05) is 0 Å². The summed E-state index contributed by atoms with van der Waals surface area (Å²) in [5.74, 6) is 0.999. The lowest BCUT2D eigenvalue weighted by Crippen LogP contribution is -2.38. The molecule has 0 bridgehead atoms. The van der Waals surface area contributed by atoms with E-state index in [1.165, 1.54) is 16.5 Å². The van der Waals surface area contributed by atoms with Crippen LogP contribution in [0.2, 0.25) is 0 Å². The molecule has 1 heterocycles. The normalized spacial score (nSPS) is 19.4. The molecule has 2 aromatic rings. The van der Waals surface area contributed by atoms with Crippen LogP contribution in [0.3, 0.4) is 0 Å². The number of hydrogen-bond donors (Lipinski definition) is 0. The zero-order valence-corrected chi connectivity index (χ0v) is 9.60. The summed E-state index contributed by atoms with van der Waals surface area (Å²) in [6.07, 6.45) is 0. The highest BCUT2D eigenvalue weighted by Gasteiger charge is 2.22. The molecule has 2 nitrogen and oxygen atoms in total. The number of anilines is 1. The van der Waals surface area contributed by atoms with E-state index in [2.05, 4.69) is 55.3 Å². The standard InChI is InChI=1S/C14H15NO/c1-10-9-16-13-8-7-11-5-3-4-6-12(11)14(13)15(10)2/h3-8,10H,9H2,1-2H3. The first-order valence-corrected chi connectivity index (χ1v) is 5.65. The Morgan fingerprint density at radius 3 is 2.88 bits per heavy atom. The molecule has 2 heteroatoms. The van der Waals surface area contributed by atoms with Gasteiger partial charge in [0.1, 0.15) is 12.4 Å². The van der Waals surface area contributed by atoms with Crippen molar-refractivity contribution >= 4 is 16.5 Å². The van der Waals surface area contributed by atoms with Crippen molar-refractivity contribution < 1.29 is 4.74 Å². The number of nitrogens with zero attached hydrogens (tertiary/aromatic N) is 1. The van der Waals surface area contributed by atoms with Crippen LogP contribution in [0.25, 0.3) is 10.8 Å². The minimum Gasteiger partial charge on any atom is -0.489 e. The third-order valence-corrected chi connectivity index (χ3v) is 3.36. The van der Waals surface area contributed by atoms with Gasteiger partial charge in [-0.3, -0.25) is 0 Å². The molecule has 3 rings (SSSR count). The lowest BCUT2D eigenvalue weighted by Gasteiger charge is -2.34. The molecule has 0 aliphatic carbocycles. The van der Waals surface area contributed by atoms with Gasteiger partial charge in [0.2, 0.25) is 0 Å². The molecule has 0 fully saturated rings. The molecule has 0 radical (unpaired) electrons. The van der Waals surface area contributed by atoms with Crippen molar-refractivity contribution in [3.05, 3.63) is 36.4 Å². The second-order valence-corrected chi connectivity index (χ2v) is 4.40. The highest BCUT2D eigenvalue weighted by atomic mass is 16.5. The summed E-state index contributed by atoms with van der Waals surface area (Å²) in [6.45, 7) is 2.95. The van der Waals surface area contributed by atoms with Crippen LogP contribution in [0.15, 0.2) is 36.4 Å². The average molecular weight is 213 g/mol. The topological polar surface area (TPSA) is 12.5 Å². The van der Waals surface area contributed by atoms with E-state index in [0.29, 0.717) is 6.04 Å². The molecule has 2 aromatic carbocycles. The van der Waals surface area contributed by atoms with Crippen molar-refractivity contribution in [2.45, 2.75) is 13.0 Å². The number of ether oxygens (including phenoxy) is 1. The van der Waals surface area contributed by atoms with Gasteiger partial charge in [0.05, 0.1) is 11.7 Å². The van der Waals surface area contributed by atoms with Gasteiger partial charge in [-0.2, -0.15) is 0 Å². The number of benzene rings is 2. The van der Waals surface area contributed by atoms with Crippen LogP contribution < -0.4 is 9.64 Å². The predicted molar refractivity (Wildman–Crippen MR) is 67.3 cm³/mol. The fourth-order valence-electron chi connectivity index (χ4n) is 2.26. The molecule has 1 aliphatic rings. The SMILES string of the molecule is CC1COc2ccc3ccccc3c2N1C. The fourth-order valence-corrected chi connectivity index (χ4v) is 2.26. The van der Waals surface area contributed by atoms with Crippen molar-refractivity contribution in [3.63, 3.8) is 0 Å². The molecule has 0 N–H and O–H groups in total. The zero-order chi connectivity index (χ0) is 11.1. The van der Waals surface area contributed by atoms with E-state index in [9.17, 15) is 0 Å². The van der Waals surface area contributed by atoms with E-state index in [0.717, 1.165) is 12.4 Å². The van der Waals surface area contributed by atoms with Gasteiger partial charge in [0.15, 0.2) is 0 Å². The van der Waals surface area contributed by atoms with Gasteiger partial charge in [-0.15, -0.1) is 0 Å². The second kappa shape index (κ2) is 3.41. The van der Waals surface area contributed by atoms with Crippen molar-refractivity contribution in [2.75, 3.05) is 18.6 Å². The zero-order valence-electron chi connectivity index (χ0n) is 9.60. The number of hydrogen-bond acceptors (Lipinski definition) is 2. The predicted octanol–water partition coefficient (Wildman–Crippen LogP) is 3.06. The molecule has 0 saturated heterocycles. The van der Waals surface area contributed by atoms with Crippen LogP contribution in [0, 0.1) is 0 Å². The van der Waals surface area contributed by atoms with E-state index in [1.54, 1.807) is 0 Å². The minimum absolute atomic E-state index is 0.429. The summed E-state index contributed by atoms with van der Waals surface area (Å²) < 4.78 is 5.77. The van der Waals surface area contributed by atoms with Gasteiger partial charge in [-0.25, -0.2) is 0 Å². The van der Waals surface area contributed by atoms with Gasteiger partial charge in [-0.1, -0.05) is 30.3 Å². The molecule has 1 atom stereocenters. The number of rotatable bonds is 0. The van der Waals surface area contributed by atoms with E-state index in [4.69, 9.17) is 4.74 Å². The molecule has 0 amide bonds. The Kier molecular flexibility index (Phi) is 2.03. The largest absolute Gasteiger partial charge is 0.489 e. The number of fused-ring (bicyclic) bond motifs is 3. The van der Waals surface area contributed by atoms with Gasteiger partial charge in [0.25, 0.3) is 0 Å². The Hall–Kier alpha value is -1.70. The van der Waals surface area contributed by atoms with Crippen molar-refractivity contribution in [3.8, 4) is 5.75 Å². The minimum atomic E-state index is 0.429. The highest BCUT2D eigenvalue weighted by Crippen LogP contribution is 2.39. The summed E-state index contributed by atoms with van der Waals surface area (Å²) in [6, 6.07) is 13.1. The summed E-state index contributed by atoms with van der Waals surface area (Å²) in [7, 11) is 2.14. The van der Waals surface area contributed by atoms with E-state index in [-0.39, 0.29) is 0 Å². The maximum absolute atomic E-state index is 5.77. The van der Waals surface area contributed by atoms with Crippen LogP contribution >= 0.6 is 0 Å². The van der Waals surface area contributed by atoms with Crippen molar-refractivity contribution in [2.24, 2.45) is 0 Å². The second-order valence-electron chi connectivity index (χ2n) is 4.40. The van der Waals surface area contributed by atoms with Crippen LogP contribution in [0.4, 0.5) is 5.69 Å². The maximum Gasteiger partial charge on any atom is 0.143 e. The molecular weight excluding hydrogens is 198 g/mol. The van der Waals surface area contributed by atoms with Crippen LogP contribution in [0.5, 0.6) is 5.75 Å². The van der Waals surface area contributed by atoms with E-state index < -0.39 is 0 Å². The smallest absolute Gasteiger partial charge is 0.143 e. The molecule has 1 aliphatic heterocycles. The first-order valence-electron chi connectivity index (χ1n) is 5.65. The fraction of sp³-hybridized carbons (Fsp3) is 0.286. The Morgan fingerprint density at radius 2 is 2.00 bits per heavy atom. The quantitative estimate of drug-likeness (QED) is 0.667. The van der Waals surface area contributed by atoms with Gasteiger partial charge in [-0.05, 0) is 18.4 Å². The Bertz CT molecular complexity index is 535. The lowest BCUT2D eigenvalue weighted by atomic mass is 10.1. The third kappa shape index (κ3) is 1.26. The third-order valence-electron chi connectivity index (χ3n) is 3.36.